The number of benzene rings is 1. The minimum absolute atomic E-state index is 0.0573. The maximum Gasteiger partial charge on any atom is 0.187 e. The number of nitrogens with zero attached hydrogens (tertiary/aromatic N) is 1. The number of fused-ring (bicyclic) bond motifs is 1. The van der Waals surface area contributed by atoms with E-state index in [1.807, 2.05) is 32.0 Å². The predicted molar refractivity (Wildman–Crippen MR) is 89.1 cm³/mol. The lowest BCUT2D eigenvalue weighted by atomic mass is 9.80. The Morgan fingerprint density at radius 1 is 1.38 bits per heavy atom. The molecular weight excluding hydrogens is 260 g/mol. The molecular formula is C18H26N2O. The standard InChI is InChI=1S/C18H26N2O/c1-12-9-14-13(2)11-18(3,4)19-16(14)10-15(12)17(21)7-8-20(5)6/h7-10,13,19H,11H2,1-6H3/b8-7+/t13-/m1/s1. The van der Waals surface area contributed by atoms with Gasteiger partial charge in [-0.15, -0.1) is 0 Å². The zero-order valence-corrected chi connectivity index (χ0v) is 13.9. The monoisotopic (exact) mass is 286 g/mol. The molecule has 1 heterocycles. The molecule has 1 aromatic rings. The summed E-state index contributed by atoms with van der Waals surface area (Å²) in [7, 11) is 3.82. The number of allylic oxidation sites excluding steroid dienone is 1. The number of carbonyl (C=O) groups excluding carboxylic acids is 1. The molecule has 2 rings (SSSR count). The van der Waals surface area contributed by atoms with Gasteiger partial charge in [0.25, 0.3) is 0 Å². The van der Waals surface area contributed by atoms with Crippen molar-refractivity contribution in [2.24, 2.45) is 0 Å². The molecule has 0 amide bonds. The second-order valence-electron chi connectivity index (χ2n) is 7.01. The molecule has 1 aromatic carbocycles. The summed E-state index contributed by atoms with van der Waals surface area (Å²) in [6.07, 6.45) is 4.53. The fourth-order valence-electron chi connectivity index (χ4n) is 3.11. The average Bonchev–Trinajstić information content (AvgIpc) is 2.35. The van der Waals surface area contributed by atoms with Gasteiger partial charge in [-0.3, -0.25) is 4.79 Å². The molecule has 0 aromatic heterocycles. The van der Waals surface area contributed by atoms with E-state index in [1.54, 1.807) is 12.3 Å². The summed E-state index contributed by atoms with van der Waals surface area (Å²) in [4.78, 5) is 14.2. The molecule has 0 saturated heterocycles. The normalized spacial score (nSPS) is 20.0. The quantitative estimate of drug-likeness (QED) is 0.674. The van der Waals surface area contributed by atoms with E-state index < -0.39 is 0 Å². The zero-order chi connectivity index (χ0) is 15.8. The van der Waals surface area contributed by atoms with Crippen LogP contribution in [0.15, 0.2) is 24.4 Å². The summed E-state index contributed by atoms with van der Waals surface area (Å²) in [6, 6.07) is 4.18. The first-order chi connectivity index (χ1) is 9.69. The first kappa shape index (κ1) is 15.6. The van der Waals surface area contributed by atoms with Gasteiger partial charge in [0.15, 0.2) is 5.78 Å². The van der Waals surface area contributed by atoms with Crippen molar-refractivity contribution < 1.29 is 4.79 Å². The number of rotatable bonds is 3. The first-order valence-electron chi connectivity index (χ1n) is 7.51. The Morgan fingerprint density at radius 2 is 2.05 bits per heavy atom. The third kappa shape index (κ3) is 3.46. The minimum Gasteiger partial charge on any atom is -0.383 e. The summed E-state index contributed by atoms with van der Waals surface area (Å²) in [5, 5.41) is 3.57. The molecule has 0 spiro atoms. The molecule has 1 N–H and O–H groups in total. The molecule has 0 bridgehead atoms. The first-order valence-corrected chi connectivity index (χ1v) is 7.51. The molecule has 3 heteroatoms. The van der Waals surface area contributed by atoms with Gasteiger partial charge in [-0.25, -0.2) is 0 Å². The molecule has 21 heavy (non-hydrogen) atoms. The molecule has 0 saturated carbocycles. The van der Waals surface area contributed by atoms with Gasteiger partial charge < -0.3 is 10.2 Å². The molecule has 114 valence electrons. The van der Waals surface area contributed by atoms with Crippen LogP contribution in [0.5, 0.6) is 0 Å². The van der Waals surface area contributed by atoms with Crippen molar-refractivity contribution in [3.05, 3.63) is 41.1 Å². The fraction of sp³-hybridized carbons (Fsp3) is 0.500. The topological polar surface area (TPSA) is 32.3 Å². The third-order valence-corrected chi connectivity index (χ3v) is 4.01. The van der Waals surface area contributed by atoms with E-state index in [0.717, 1.165) is 23.2 Å². The minimum atomic E-state index is 0.0573. The van der Waals surface area contributed by atoms with E-state index in [-0.39, 0.29) is 11.3 Å². The van der Waals surface area contributed by atoms with Crippen molar-refractivity contribution in [1.82, 2.24) is 4.90 Å². The van der Waals surface area contributed by atoms with Gasteiger partial charge in [-0.2, -0.15) is 0 Å². The Balaban J connectivity index is 2.40. The van der Waals surface area contributed by atoms with Crippen molar-refractivity contribution >= 4 is 11.5 Å². The summed E-state index contributed by atoms with van der Waals surface area (Å²) in [5.41, 5.74) is 4.33. The number of carbonyl (C=O) groups is 1. The highest BCUT2D eigenvalue weighted by Gasteiger charge is 2.30. The predicted octanol–water partition coefficient (Wildman–Crippen LogP) is 3.95. The van der Waals surface area contributed by atoms with Gasteiger partial charge in [0, 0.05) is 43.2 Å². The average molecular weight is 286 g/mol. The maximum absolute atomic E-state index is 12.4. The fourth-order valence-corrected chi connectivity index (χ4v) is 3.11. The molecule has 1 aliphatic rings. The zero-order valence-electron chi connectivity index (χ0n) is 13.9. The highest BCUT2D eigenvalue weighted by molar-refractivity contribution is 6.06. The van der Waals surface area contributed by atoms with Crippen LogP contribution in [0.1, 0.15) is 54.6 Å². The number of hydrogen-bond donors (Lipinski definition) is 1. The van der Waals surface area contributed by atoms with Gasteiger partial charge in [-0.1, -0.05) is 13.0 Å². The van der Waals surface area contributed by atoms with Crippen LogP contribution in [-0.4, -0.2) is 30.3 Å². The molecule has 3 nitrogen and oxygen atoms in total. The molecule has 1 atom stereocenters. The smallest absolute Gasteiger partial charge is 0.187 e. The highest BCUT2D eigenvalue weighted by atomic mass is 16.1. The van der Waals surface area contributed by atoms with E-state index in [0.29, 0.717) is 5.92 Å². The van der Waals surface area contributed by atoms with E-state index in [2.05, 4.69) is 32.2 Å². The van der Waals surface area contributed by atoms with Crippen molar-refractivity contribution in [1.29, 1.82) is 0 Å². The highest BCUT2D eigenvalue weighted by Crippen LogP contribution is 2.39. The number of aryl methyl sites for hydroxylation is 1. The summed E-state index contributed by atoms with van der Waals surface area (Å²) in [6.45, 7) is 8.69. The Bertz CT molecular complexity index is 585. The largest absolute Gasteiger partial charge is 0.383 e. The molecule has 0 radical (unpaired) electrons. The Kier molecular flexibility index (Phi) is 4.13. The van der Waals surface area contributed by atoms with Crippen molar-refractivity contribution in [3.8, 4) is 0 Å². The summed E-state index contributed by atoms with van der Waals surface area (Å²) >= 11 is 0. The lowest BCUT2D eigenvalue weighted by Gasteiger charge is -2.38. The number of hydrogen-bond acceptors (Lipinski definition) is 3. The number of ketones is 1. The van der Waals surface area contributed by atoms with Crippen LogP contribution >= 0.6 is 0 Å². The van der Waals surface area contributed by atoms with E-state index >= 15 is 0 Å². The van der Waals surface area contributed by atoms with Crippen molar-refractivity contribution in [3.63, 3.8) is 0 Å². The lowest BCUT2D eigenvalue weighted by Crippen LogP contribution is -2.36. The SMILES string of the molecule is Cc1cc2c(cc1C(=O)/C=C/N(C)C)NC(C)(C)C[C@H]2C. The second kappa shape index (κ2) is 5.55. The van der Waals surface area contributed by atoms with Gasteiger partial charge in [0.05, 0.1) is 0 Å². The van der Waals surface area contributed by atoms with Gasteiger partial charge in [-0.05, 0) is 50.3 Å². The Labute approximate surface area is 128 Å². The van der Waals surface area contributed by atoms with Crippen LogP contribution in [-0.2, 0) is 0 Å². The van der Waals surface area contributed by atoms with Crippen LogP contribution in [0.25, 0.3) is 0 Å². The molecule has 0 fully saturated rings. The molecule has 0 aliphatic carbocycles. The van der Waals surface area contributed by atoms with E-state index in [4.69, 9.17) is 0 Å². The second-order valence-corrected chi connectivity index (χ2v) is 7.01. The van der Waals surface area contributed by atoms with Crippen LogP contribution in [0, 0.1) is 6.92 Å². The van der Waals surface area contributed by atoms with Crippen LogP contribution in [0.3, 0.4) is 0 Å². The Morgan fingerprint density at radius 3 is 2.67 bits per heavy atom. The number of nitrogens with one attached hydrogen (secondary N) is 1. The summed E-state index contributed by atoms with van der Waals surface area (Å²) < 4.78 is 0. The molecule has 1 aliphatic heterocycles. The van der Waals surface area contributed by atoms with Crippen LogP contribution in [0.2, 0.25) is 0 Å². The van der Waals surface area contributed by atoms with E-state index in [9.17, 15) is 4.79 Å². The van der Waals surface area contributed by atoms with Gasteiger partial charge in [0.1, 0.15) is 0 Å². The van der Waals surface area contributed by atoms with Crippen LogP contribution in [0.4, 0.5) is 5.69 Å². The maximum atomic E-state index is 12.4. The summed E-state index contributed by atoms with van der Waals surface area (Å²) in [5.74, 6) is 0.568. The van der Waals surface area contributed by atoms with Crippen molar-refractivity contribution in [2.75, 3.05) is 19.4 Å². The molecule has 0 unspecified atom stereocenters. The third-order valence-electron chi connectivity index (χ3n) is 4.01. The lowest BCUT2D eigenvalue weighted by molar-refractivity contribution is 0.104. The van der Waals surface area contributed by atoms with Gasteiger partial charge >= 0.3 is 0 Å². The van der Waals surface area contributed by atoms with Crippen LogP contribution < -0.4 is 5.32 Å². The number of anilines is 1. The van der Waals surface area contributed by atoms with E-state index in [1.165, 1.54) is 5.56 Å². The van der Waals surface area contributed by atoms with Crippen molar-refractivity contribution in [2.45, 2.75) is 45.6 Å². The Hall–Kier alpha value is -1.77. The van der Waals surface area contributed by atoms with Gasteiger partial charge in [0.2, 0.25) is 0 Å².